The van der Waals surface area contributed by atoms with Crippen molar-refractivity contribution in [3.63, 3.8) is 0 Å². The van der Waals surface area contributed by atoms with Gasteiger partial charge in [0.2, 0.25) is 0 Å². The molecule has 0 bridgehead atoms. The van der Waals surface area contributed by atoms with Crippen LogP contribution in [0.5, 0.6) is 0 Å². The van der Waals surface area contributed by atoms with Gasteiger partial charge in [0.25, 0.3) is 0 Å². The normalized spacial score (nSPS) is 18.3. The summed E-state index contributed by atoms with van der Waals surface area (Å²) in [5.74, 6) is 0. The first kappa shape index (κ1) is 7.77. The average molecular weight is 172 g/mol. The van der Waals surface area contributed by atoms with E-state index >= 15 is 0 Å². The second kappa shape index (κ2) is 4.92. The molecule has 0 saturated carbocycles. The molecule has 0 aliphatic carbocycles. The Bertz CT molecular complexity index is 53.1. The topological polar surface area (TPSA) is 12.4 Å². The molecule has 0 amide bonds. The number of nitrogens with zero attached hydrogens (tertiary/aromatic N) is 1. The first-order chi connectivity index (χ1) is 3.00. The molecule has 1 aliphatic heterocycles. The van der Waals surface area contributed by atoms with Gasteiger partial charge in [-0.15, -0.1) is 0 Å². The zero-order valence-electron chi connectivity index (χ0n) is 4.43. The molecule has 0 atom stereocenters. The van der Waals surface area contributed by atoms with E-state index in [0.29, 0.717) is 0 Å². The Labute approximate surface area is 69.5 Å². The third kappa shape index (κ3) is 3.36. The van der Waals surface area contributed by atoms with Crippen molar-refractivity contribution in [2.45, 2.75) is 19.3 Å². The molecule has 7 heavy (non-hydrogen) atoms. The third-order valence-electron chi connectivity index (χ3n) is 1.000. The molecule has 1 heterocycles. The predicted octanol–water partition coefficient (Wildman–Crippen LogP) is 1.24. The molecule has 1 nitrogen and oxygen atoms in total. The number of hydrogen-bond acceptors (Lipinski definition) is 1. The molecule has 0 aromatic heterocycles. The second-order valence-electron chi connectivity index (χ2n) is 1.58. The van der Waals surface area contributed by atoms with Crippen LogP contribution in [0.1, 0.15) is 19.3 Å². The summed E-state index contributed by atoms with van der Waals surface area (Å²) in [6.07, 6.45) is 5.88. The van der Waals surface area contributed by atoms with E-state index in [0.717, 1.165) is 6.54 Å². The molecule has 1 radical (unpaired) electrons. The summed E-state index contributed by atoms with van der Waals surface area (Å²) in [5.41, 5.74) is 0. The molecular weight excluding hydrogens is 163 g/mol. The van der Waals surface area contributed by atoms with Crippen molar-refractivity contribution in [3.05, 3.63) is 0 Å². The fourth-order valence-corrected chi connectivity index (χ4v) is 0.621. The third-order valence-corrected chi connectivity index (χ3v) is 1.000. The van der Waals surface area contributed by atoms with Crippen LogP contribution in [0.15, 0.2) is 4.99 Å². The Hall–Kier alpha value is 0.774. The van der Waals surface area contributed by atoms with Crippen LogP contribution >= 0.6 is 0 Å². The van der Waals surface area contributed by atoms with Gasteiger partial charge < -0.3 is 0 Å². The minimum absolute atomic E-state index is 0. The Morgan fingerprint density at radius 1 is 1.29 bits per heavy atom. The number of aliphatic imine (C=N–C) groups is 1. The minimum atomic E-state index is 0. The largest absolute Gasteiger partial charge is 0.298 e. The maximum Gasteiger partial charge on any atom is 0.0385 e. The molecule has 0 aromatic carbocycles. The maximum absolute atomic E-state index is 4.05. The molecule has 1 aliphatic rings. The summed E-state index contributed by atoms with van der Waals surface area (Å²) in [6.45, 7) is 1.07. The maximum atomic E-state index is 4.05. The van der Waals surface area contributed by atoms with Gasteiger partial charge in [0.15, 0.2) is 0 Å². The molecule has 2 heteroatoms. The van der Waals surface area contributed by atoms with Crippen molar-refractivity contribution in [3.8, 4) is 0 Å². The molecule has 0 N–H and O–H groups in total. The number of rotatable bonds is 0. The fraction of sp³-hybridized carbons (Fsp3) is 0.800. The quantitative estimate of drug-likeness (QED) is 0.521. The van der Waals surface area contributed by atoms with Crippen LogP contribution in [0.2, 0.25) is 0 Å². The van der Waals surface area contributed by atoms with Gasteiger partial charge in [0, 0.05) is 39.3 Å². The molecule has 0 unspecified atom stereocenters. The van der Waals surface area contributed by atoms with E-state index in [1.165, 1.54) is 19.3 Å². The van der Waals surface area contributed by atoms with E-state index in [1.54, 1.807) is 0 Å². The Balaban J connectivity index is 0.000000360. The second-order valence-corrected chi connectivity index (χ2v) is 1.58. The molecule has 0 saturated heterocycles. The summed E-state index contributed by atoms with van der Waals surface area (Å²) in [6, 6.07) is 0. The van der Waals surface area contributed by atoms with Gasteiger partial charge in [0.05, 0.1) is 0 Å². The summed E-state index contributed by atoms with van der Waals surface area (Å²) in [5, 5.41) is 0. The summed E-state index contributed by atoms with van der Waals surface area (Å²) in [4.78, 5) is 4.05. The van der Waals surface area contributed by atoms with E-state index in [9.17, 15) is 0 Å². The van der Waals surface area contributed by atoms with Crippen molar-refractivity contribution in [2.75, 3.05) is 6.54 Å². The molecule has 0 spiro atoms. The average Bonchev–Trinajstić information content (AvgIpc) is 1.72. The van der Waals surface area contributed by atoms with Crippen LogP contribution in [-0.4, -0.2) is 12.8 Å². The van der Waals surface area contributed by atoms with Gasteiger partial charge in [-0.05, 0) is 25.5 Å². The molecule has 1 rings (SSSR count). The summed E-state index contributed by atoms with van der Waals surface area (Å²) < 4.78 is 0. The van der Waals surface area contributed by atoms with Crippen LogP contribution in [-0.2, 0) is 32.7 Å². The first-order valence-electron chi connectivity index (χ1n) is 2.48. The summed E-state index contributed by atoms with van der Waals surface area (Å²) in [7, 11) is 0. The van der Waals surface area contributed by atoms with Crippen molar-refractivity contribution >= 4 is 6.21 Å². The van der Waals surface area contributed by atoms with Crippen LogP contribution in [0, 0.1) is 0 Å². The van der Waals surface area contributed by atoms with Crippen LogP contribution in [0.4, 0.5) is 0 Å². The van der Waals surface area contributed by atoms with E-state index in [2.05, 4.69) is 4.99 Å². The smallest absolute Gasteiger partial charge is 0.0385 e. The first-order valence-corrected chi connectivity index (χ1v) is 2.48. The Morgan fingerprint density at radius 3 is 2.29 bits per heavy atom. The monoisotopic (exact) mass is 172 g/mol. The van der Waals surface area contributed by atoms with Crippen molar-refractivity contribution in [1.29, 1.82) is 0 Å². The molecule has 0 fully saturated rings. The zero-order chi connectivity index (χ0) is 4.24. The van der Waals surface area contributed by atoms with Crippen LogP contribution in [0.3, 0.4) is 0 Å². The van der Waals surface area contributed by atoms with E-state index < -0.39 is 0 Å². The van der Waals surface area contributed by atoms with Crippen molar-refractivity contribution in [2.24, 2.45) is 4.99 Å². The number of hydrogen-bond donors (Lipinski definition) is 0. The van der Waals surface area contributed by atoms with Crippen molar-refractivity contribution < 1.29 is 32.7 Å². The van der Waals surface area contributed by atoms with Crippen molar-refractivity contribution in [1.82, 2.24) is 0 Å². The van der Waals surface area contributed by atoms with Gasteiger partial charge >= 0.3 is 0 Å². The van der Waals surface area contributed by atoms with Crippen LogP contribution < -0.4 is 0 Å². The van der Waals surface area contributed by atoms with Gasteiger partial charge in [-0.2, -0.15) is 0 Å². The van der Waals surface area contributed by atoms with Gasteiger partial charge in [-0.25, -0.2) is 0 Å². The minimum Gasteiger partial charge on any atom is -0.298 e. The van der Waals surface area contributed by atoms with E-state index in [1.807, 2.05) is 6.21 Å². The van der Waals surface area contributed by atoms with Gasteiger partial charge in [-0.3, -0.25) is 4.99 Å². The van der Waals surface area contributed by atoms with Crippen LogP contribution in [0.25, 0.3) is 0 Å². The SMILES string of the molecule is C1=NCCCC1.[Y]. The predicted molar refractivity (Wildman–Crippen MR) is 27.2 cm³/mol. The fourth-order valence-electron chi connectivity index (χ4n) is 0.621. The summed E-state index contributed by atoms with van der Waals surface area (Å²) >= 11 is 0. The van der Waals surface area contributed by atoms with E-state index in [4.69, 9.17) is 0 Å². The Morgan fingerprint density at radius 2 is 2.14 bits per heavy atom. The molecular formula is C5H9NY. The van der Waals surface area contributed by atoms with Gasteiger partial charge in [-0.1, -0.05) is 0 Å². The standard InChI is InChI=1S/C5H9N.Y/c1-2-4-6-5-3-1;/h4H,1-3,5H2;. The molecule has 0 aromatic rings. The molecule has 37 valence electrons. The Kier molecular flexibility index (Phi) is 5.47. The van der Waals surface area contributed by atoms with E-state index in [-0.39, 0.29) is 32.7 Å². The zero-order valence-corrected chi connectivity index (χ0v) is 7.27. The van der Waals surface area contributed by atoms with Gasteiger partial charge in [0.1, 0.15) is 0 Å².